The monoisotopic (exact) mass is 306 g/mol. The Labute approximate surface area is 127 Å². The van der Waals surface area contributed by atoms with Gasteiger partial charge in [0, 0.05) is 24.4 Å². The molecule has 0 spiro atoms. The average Bonchev–Trinajstić information content (AvgIpc) is 2.81. The van der Waals surface area contributed by atoms with Gasteiger partial charge in [-0.3, -0.25) is 10.1 Å². The molecule has 112 valence electrons. The molecule has 0 aliphatic carbocycles. The van der Waals surface area contributed by atoms with Gasteiger partial charge in [0.2, 0.25) is 0 Å². The molecule has 1 N–H and O–H groups in total. The first-order chi connectivity index (χ1) is 9.95. The number of anilines is 1. The molecule has 2 rings (SSSR count). The first kappa shape index (κ1) is 15.3. The number of ether oxygens (including phenoxy) is 1. The molecule has 0 unspecified atom stereocenters. The summed E-state index contributed by atoms with van der Waals surface area (Å²) in [6, 6.07) is 4.75. The van der Waals surface area contributed by atoms with Crippen molar-refractivity contribution in [3.63, 3.8) is 0 Å². The summed E-state index contributed by atoms with van der Waals surface area (Å²) in [5, 5.41) is 18.4. The zero-order valence-corrected chi connectivity index (χ0v) is 13.1. The Morgan fingerprint density at radius 2 is 2.10 bits per heavy atom. The molecule has 1 aromatic carbocycles. The number of benzene rings is 1. The molecule has 6 heteroatoms. The third-order valence-corrected chi connectivity index (χ3v) is 3.83. The van der Waals surface area contributed by atoms with Crippen LogP contribution in [0.3, 0.4) is 0 Å². The predicted molar refractivity (Wildman–Crippen MR) is 85.2 cm³/mol. The molecule has 1 heterocycles. The number of thiophene rings is 1. The number of rotatable bonds is 6. The summed E-state index contributed by atoms with van der Waals surface area (Å²) in [6.45, 7) is 6.47. The molecule has 0 saturated heterocycles. The van der Waals surface area contributed by atoms with E-state index in [1.54, 1.807) is 17.4 Å². The smallest absolute Gasteiger partial charge is 0.275 e. The van der Waals surface area contributed by atoms with E-state index in [0.29, 0.717) is 18.0 Å². The Morgan fingerprint density at radius 3 is 2.67 bits per heavy atom. The minimum absolute atomic E-state index is 0.0256. The fourth-order valence-electron chi connectivity index (χ4n) is 1.90. The van der Waals surface area contributed by atoms with Crippen LogP contribution in [0.1, 0.15) is 25.0 Å². The molecular formula is C15H18N2O3S. The summed E-state index contributed by atoms with van der Waals surface area (Å²) in [7, 11) is 0. The highest BCUT2D eigenvalue weighted by Crippen LogP contribution is 2.27. The van der Waals surface area contributed by atoms with Crippen molar-refractivity contribution in [2.75, 3.05) is 5.32 Å². The third kappa shape index (κ3) is 4.19. The zero-order valence-electron chi connectivity index (χ0n) is 12.3. The van der Waals surface area contributed by atoms with Gasteiger partial charge >= 0.3 is 0 Å². The lowest BCUT2D eigenvalue weighted by molar-refractivity contribution is -0.384. The number of nitrogens with one attached hydrogen (secondary N) is 1. The Bertz CT molecular complexity index is 638. The maximum atomic E-state index is 11.0. The van der Waals surface area contributed by atoms with Crippen LogP contribution < -0.4 is 10.1 Å². The second kappa shape index (κ2) is 6.58. The van der Waals surface area contributed by atoms with Gasteiger partial charge in [0.1, 0.15) is 5.75 Å². The van der Waals surface area contributed by atoms with Gasteiger partial charge in [-0.1, -0.05) is 0 Å². The van der Waals surface area contributed by atoms with Crippen LogP contribution in [0.4, 0.5) is 11.4 Å². The number of nitro benzene ring substituents is 1. The summed E-state index contributed by atoms with van der Waals surface area (Å²) in [5.74, 6) is 0.503. The molecule has 0 amide bonds. The van der Waals surface area contributed by atoms with Crippen molar-refractivity contribution in [1.29, 1.82) is 0 Å². The summed E-state index contributed by atoms with van der Waals surface area (Å²) >= 11 is 1.65. The summed E-state index contributed by atoms with van der Waals surface area (Å²) in [5.41, 5.74) is 3.12. The molecule has 5 nitrogen and oxygen atoms in total. The summed E-state index contributed by atoms with van der Waals surface area (Å²) < 4.78 is 5.56. The Balaban J connectivity index is 2.19. The van der Waals surface area contributed by atoms with Crippen LogP contribution in [0.15, 0.2) is 29.0 Å². The molecule has 1 aromatic heterocycles. The van der Waals surface area contributed by atoms with E-state index in [1.165, 1.54) is 23.3 Å². The molecule has 0 fully saturated rings. The molecule has 0 saturated carbocycles. The highest BCUT2D eigenvalue weighted by atomic mass is 32.1. The van der Waals surface area contributed by atoms with Crippen molar-refractivity contribution in [3.8, 4) is 5.75 Å². The van der Waals surface area contributed by atoms with Crippen molar-refractivity contribution in [2.45, 2.75) is 33.4 Å². The minimum atomic E-state index is -0.409. The van der Waals surface area contributed by atoms with Crippen molar-refractivity contribution >= 4 is 22.7 Å². The number of aryl methyl sites for hydroxylation is 1. The lowest BCUT2D eigenvalue weighted by atomic mass is 10.2. The van der Waals surface area contributed by atoms with Crippen molar-refractivity contribution in [2.24, 2.45) is 0 Å². The molecule has 0 atom stereocenters. The van der Waals surface area contributed by atoms with E-state index in [9.17, 15) is 10.1 Å². The predicted octanol–water partition coefficient (Wildman–Crippen LogP) is 4.36. The van der Waals surface area contributed by atoms with Crippen LogP contribution in [0.2, 0.25) is 0 Å². The molecule has 0 bridgehead atoms. The van der Waals surface area contributed by atoms with Crippen LogP contribution in [0.25, 0.3) is 0 Å². The normalized spacial score (nSPS) is 10.7. The lowest BCUT2D eigenvalue weighted by Gasteiger charge is -2.12. The maximum absolute atomic E-state index is 11.0. The van der Waals surface area contributed by atoms with Crippen LogP contribution in [-0.4, -0.2) is 11.0 Å². The van der Waals surface area contributed by atoms with E-state index >= 15 is 0 Å². The molecular weight excluding hydrogens is 288 g/mol. The van der Waals surface area contributed by atoms with Gasteiger partial charge in [0.05, 0.1) is 17.1 Å². The van der Waals surface area contributed by atoms with Crippen molar-refractivity contribution < 1.29 is 9.66 Å². The maximum Gasteiger partial charge on any atom is 0.275 e. The van der Waals surface area contributed by atoms with Crippen LogP contribution >= 0.6 is 11.3 Å². The fraction of sp³-hybridized carbons (Fsp3) is 0.333. The van der Waals surface area contributed by atoms with E-state index < -0.39 is 4.92 Å². The van der Waals surface area contributed by atoms with Gasteiger partial charge in [0.15, 0.2) is 0 Å². The number of nitrogens with zero attached hydrogens (tertiary/aromatic N) is 1. The third-order valence-electron chi connectivity index (χ3n) is 2.92. The largest absolute Gasteiger partial charge is 0.491 e. The van der Waals surface area contributed by atoms with Gasteiger partial charge < -0.3 is 10.1 Å². The average molecular weight is 306 g/mol. The Morgan fingerprint density at radius 1 is 1.33 bits per heavy atom. The highest BCUT2D eigenvalue weighted by Gasteiger charge is 2.12. The van der Waals surface area contributed by atoms with E-state index in [0.717, 1.165) is 0 Å². The second-order valence-corrected chi connectivity index (χ2v) is 5.82. The van der Waals surface area contributed by atoms with Gasteiger partial charge in [0.25, 0.3) is 5.69 Å². The van der Waals surface area contributed by atoms with Crippen LogP contribution in [0.5, 0.6) is 5.75 Å². The van der Waals surface area contributed by atoms with Gasteiger partial charge in [-0.15, -0.1) is 0 Å². The number of hydrogen-bond donors (Lipinski definition) is 1. The zero-order chi connectivity index (χ0) is 15.4. The van der Waals surface area contributed by atoms with Crippen molar-refractivity contribution in [3.05, 3.63) is 50.2 Å². The molecule has 2 aromatic rings. The van der Waals surface area contributed by atoms with Gasteiger partial charge in [-0.25, -0.2) is 0 Å². The first-order valence-electron chi connectivity index (χ1n) is 6.67. The molecule has 0 aliphatic rings. The number of hydrogen-bond acceptors (Lipinski definition) is 5. The Hall–Kier alpha value is -2.08. The van der Waals surface area contributed by atoms with E-state index in [1.807, 2.05) is 20.8 Å². The standard InChI is InChI=1S/C15H18N2O3S/c1-10(2)20-15-5-13(4-14(6-15)17(18)19)16-7-12-9-21-8-11(12)3/h4-6,8-10,16H,7H2,1-3H3. The number of nitro groups is 1. The van der Waals surface area contributed by atoms with E-state index in [4.69, 9.17) is 4.74 Å². The van der Waals surface area contributed by atoms with Crippen LogP contribution in [0, 0.1) is 17.0 Å². The highest BCUT2D eigenvalue weighted by molar-refractivity contribution is 7.08. The molecule has 0 aliphatic heterocycles. The van der Waals surface area contributed by atoms with E-state index in [2.05, 4.69) is 16.1 Å². The first-order valence-corrected chi connectivity index (χ1v) is 7.61. The Kier molecular flexibility index (Phi) is 4.80. The van der Waals surface area contributed by atoms with Gasteiger partial charge in [-0.2, -0.15) is 11.3 Å². The van der Waals surface area contributed by atoms with E-state index in [-0.39, 0.29) is 11.8 Å². The minimum Gasteiger partial charge on any atom is -0.491 e. The number of non-ortho nitro benzene ring substituents is 1. The topological polar surface area (TPSA) is 64.4 Å². The second-order valence-electron chi connectivity index (χ2n) is 5.07. The van der Waals surface area contributed by atoms with Crippen LogP contribution in [-0.2, 0) is 6.54 Å². The fourth-order valence-corrected chi connectivity index (χ4v) is 2.75. The summed E-state index contributed by atoms with van der Waals surface area (Å²) in [6.07, 6.45) is -0.0287. The van der Waals surface area contributed by atoms with Gasteiger partial charge in [-0.05, 0) is 42.7 Å². The van der Waals surface area contributed by atoms with Crippen molar-refractivity contribution in [1.82, 2.24) is 0 Å². The molecule has 0 radical (unpaired) electrons. The summed E-state index contributed by atoms with van der Waals surface area (Å²) in [4.78, 5) is 10.6. The molecule has 21 heavy (non-hydrogen) atoms. The SMILES string of the molecule is Cc1cscc1CNc1cc(OC(C)C)cc([N+](=O)[O-])c1. The quantitative estimate of drug-likeness (QED) is 0.636. The lowest BCUT2D eigenvalue weighted by Crippen LogP contribution is -2.07.